The van der Waals surface area contributed by atoms with Crippen LogP contribution in [0.4, 0.5) is 0 Å². The predicted octanol–water partition coefficient (Wildman–Crippen LogP) is 4.40. The Bertz CT molecular complexity index is 1020. The highest BCUT2D eigenvalue weighted by Gasteiger charge is 2.45. The van der Waals surface area contributed by atoms with Crippen molar-refractivity contribution in [1.82, 2.24) is 9.80 Å². The number of amides is 1. The number of ether oxygens (including phenoxy) is 1. The Morgan fingerprint density at radius 3 is 2.42 bits per heavy atom. The Balaban J connectivity index is 2.00. The maximum atomic E-state index is 13.1. The van der Waals surface area contributed by atoms with Crippen LogP contribution >= 0.6 is 0 Å². The second kappa shape index (κ2) is 10.7. The van der Waals surface area contributed by atoms with Gasteiger partial charge in [0.05, 0.1) is 18.2 Å². The number of nitrogens with zero attached hydrogens (tertiary/aromatic N) is 2. The first-order chi connectivity index (χ1) is 15.7. The van der Waals surface area contributed by atoms with Crippen molar-refractivity contribution in [1.29, 1.82) is 0 Å². The fourth-order valence-electron chi connectivity index (χ4n) is 3.98. The average Bonchev–Trinajstić information content (AvgIpc) is 3.02. The normalized spacial score (nSPS) is 17.9. The summed E-state index contributed by atoms with van der Waals surface area (Å²) in [7, 11) is 3.95. The van der Waals surface area contributed by atoms with Crippen LogP contribution in [0.25, 0.3) is 5.76 Å². The molecule has 1 aliphatic heterocycles. The van der Waals surface area contributed by atoms with Gasteiger partial charge in [-0.2, -0.15) is 0 Å². The molecule has 33 heavy (non-hydrogen) atoms. The summed E-state index contributed by atoms with van der Waals surface area (Å²) in [4.78, 5) is 29.7. The van der Waals surface area contributed by atoms with Gasteiger partial charge in [0.2, 0.25) is 0 Å². The SMILES string of the molecule is Cc1cccc(C2/C(=C(/O)c3ccc(OCC(C)C)cc3)C(=O)C(=O)N2CCCN(C)C)c1. The van der Waals surface area contributed by atoms with Gasteiger partial charge in [-0.05, 0) is 69.7 Å². The Labute approximate surface area is 196 Å². The molecule has 0 saturated carbocycles. The number of rotatable bonds is 9. The van der Waals surface area contributed by atoms with Crippen molar-refractivity contribution < 1.29 is 19.4 Å². The molecule has 0 aliphatic carbocycles. The summed E-state index contributed by atoms with van der Waals surface area (Å²) in [6.45, 7) is 7.93. The number of likely N-dealkylation sites (tertiary alicyclic amines) is 1. The minimum Gasteiger partial charge on any atom is -0.507 e. The minimum absolute atomic E-state index is 0.131. The van der Waals surface area contributed by atoms with Crippen LogP contribution in [0.3, 0.4) is 0 Å². The molecule has 3 rings (SSSR count). The molecule has 1 aliphatic rings. The molecule has 1 fully saturated rings. The van der Waals surface area contributed by atoms with Crippen molar-refractivity contribution in [2.24, 2.45) is 5.92 Å². The third-order valence-corrected chi connectivity index (χ3v) is 5.61. The quantitative estimate of drug-likeness (QED) is 0.348. The number of hydrogen-bond acceptors (Lipinski definition) is 5. The van der Waals surface area contributed by atoms with E-state index in [-0.39, 0.29) is 11.3 Å². The Morgan fingerprint density at radius 2 is 1.82 bits per heavy atom. The van der Waals surface area contributed by atoms with Crippen LogP contribution in [0.1, 0.15) is 43.0 Å². The van der Waals surface area contributed by atoms with Crippen molar-refractivity contribution >= 4 is 17.4 Å². The minimum atomic E-state index is -0.649. The van der Waals surface area contributed by atoms with Crippen LogP contribution in [-0.4, -0.2) is 60.4 Å². The number of benzene rings is 2. The highest BCUT2D eigenvalue weighted by molar-refractivity contribution is 6.46. The smallest absolute Gasteiger partial charge is 0.295 e. The molecule has 1 amide bonds. The summed E-state index contributed by atoms with van der Waals surface area (Å²) in [5.41, 5.74) is 2.46. The topological polar surface area (TPSA) is 70.1 Å². The molecular formula is C27H34N2O4. The molecule has 0 spiro atoms. The van der Waals surface area contributed by atoms with Gasteiger partial charge in [0.25, 0.3) is 11.7 Å². The monoisotopic (exact) mass is 450 g/mol. The van der Waals surface area contributed by atoms with Gasteiger partial charge in [-0.15, -0.1) is 0 Å². The summed E-state index contributed by atoms with van der Waals surface area (Å²) >= 11 is 0. The van der Waals surface area contributed by atoms with Gasteiger partial charge in [-0.25, -0.2) is 0 Å². The third kappa shape index (κ3) is 5.82. The van der Waals surface area contributed by atoms with E-state index in [1.165, 1.54) is 0 Å². The lowest BCUT2D eigenvalue weighted by Crippen LogP contribution is -2.32. The first kappa shape index (κ1) is 24.5. The van der Waals surface area contributed by atoms with Crippen LogP contribution < -0.4 is 4.74 Å². The van der Waals surface area contributed by atoms with Gasteiger partial charge in [-0.3, -0.25) is 9.59 Å². The number of aryl methyl sites for hydroxylation is 1. The Morgan fingerprint density at radius 1 is 1.12 bits per heavy atom. The second-order valence-corrected chi connectivity index (χ2v) is 9.29. The number of aliphatic hydroxyl groups excluding tert-OH is 1. The third-order valence-electron chi connectivity index (χ3n) is 5.61. The zero-order chi connectivity index (χ0) is 24.1. The maximum absolute atomic E-state index is 13.1. The molecule has 1 heterocycles. The van der Waals surface area contributed by atoms with E-state index >= 15 is 0 Å². The molecule has 2 aromatic carbocycles. The lowest BCUT2D eigenvalue weighted by molar-refractivity contribution is -0.139. The molecule has 6 nitrogen and oxygen atoms in total. The molecule has 1 saturated heterocycles. The van der Waals surface area contributed by atoms with Crippen LogP contribution in [0.5, 0.6) is 5.75 Å². The summed E-state index contributed by atoms with van der Waals surface area (Å²) in [6, 6.07) is 14.1. The van der Waals surface area contributed by atoms with Gasteiger partial charge in [0.1, 0.15) is 11.5 Å². The van der Waals surface area contributed by atoms with Crippen LogP contribution in [-0.2, 0) is 9.59 Å². The first-order valence-corrected chi connectivity index (χ1v) is 11.4. The van der Waals surface area contributed by atoms with Crippen LogP contribution in [0.15, 0.2) is 54.1 Å². The summed E-state index contributed by atoms with van der Waals surface area (Å²) < 4.78 is 5.72. The molecule has 0 bridgehead atoms. The molecule has 0 radical (unpaired) electrons. The molecule has 2 aromatic rings. The number of aliphatic hydroxyl groups is 1. The van der Waals surface area contributed by atoms with Gasteiger partial charge in [0, 0.05) is 12.1 Å². The van der Waals surface area contributed by atoms with Crippen LogP contribution in [0, 0.1) is 12.8 Å². The van der Waals surface area contributed by atoms with E-state index in [9.17, 15) is 14.7 Å². The fraction of sp³-hybridized carbons (Fsp3) is 0.407. The summed E-state index contributed by atoms with van der Waals surface area (Å²) in [5, 5.41) is 11.2. The Hall–Kier alpha value is -3.12. The maximum Gasteiger partial charge on any atom is 0.295 e. The number of carbonyl (C=O) groups excluding carboxylic acids is 2. The van der Waals surface area contributed by atoms with Gasteiger partial charge < -0.3 is 19.6 Å². The van der Waals surface area contributed by atoms with Crippen LogP contribution in [0.2, 0.25) is 0 Å². The summed E-state index contributed by atoms with van der Waals surface area (Å²) in [6.07, 6.45) is 0.726. The largest absolute Gasteiger partial charge is 0.507 e. The highest BCUT2D eigenvalue weighted by atomic mass is 16.5. The van der Waals surface area contributed by atoms with E-state index in [0.29, 0.717) is 30.4 Å². The van der Waals surface area contributed by atoms with Crippen molar-refractivity contribution in [3.8, 4) is 5.75 Å². The summed E-state index contributed by atoms with van der Waals surface area (Å²) in [5.74, 6) is -0.288. The zero-order valence-corrected chi connectivity index (χ0v) is 20.2. The molecular weight excluding hydrogens is 416 g/mol. The van der Waals surface area contributed by atoms with E-state index in [1.54, 1.807) is 29.2 Å². The lowest BCUT2D eigenvalue weighted by atomic mass is 9.94. The number of ketones is 1. The van der Waals surface area contributed by atoms with E-state index in [1.807, 2.05) is 50.2 Å². The number of carbonyl (C=O) groups is 2. The van der Waals surface area contributed by atoms with E-state index in [4.69, 9.17) is 4.74 Å². The molecule has 176 valence electrons. The molecule has 0 aromatic heterocycles. The van der Waals surface area contributed by atoms with Gasteiger partial charge in [-0.1, -0.05) is 43.7 Å². The molecule has 1 atom stereocenters. The van der Waals surface area contributed by atoms with E-state index < -0.39 is 17.7 Å². The average molecular weight is 451 g/mol. The molecule has 1 N–H and O–H groups in total. The Kier molecular flexibility index (Phi) is 7.92. The van der Waals surface area contributed by atoms with E-state index in [0.717, 1.165) is 24.1 Å². The van der Waals surface area contributed by atoms with Crippen molar-refractivity contribution in [2.75, 3.05) is 33.8 Å². The van der Waals surface area contributed by atoms with Gasteiger partial charge in [0.15, 0.2) is 0 Å². The zero-order valence-electron chi connectivity index (χ0n) is 20.2. The molecule has 1 unspecified atom stereocenters. The van der Waals surface area contributed by atoms with Crippen molar-refractivity contribution in [3.63, 3.8) is 0 Å². The van der Waals surface area contributed by atoms with Gasteiger partial charge >= 0.3 is 0 Å². The molecule has 6 heteroatoms. The fourth-order valence-corrected chi connectivity index (χ4v) is 3.98. The lowest BCUT2D eigenvalue weighted by Gasteiger charge is -2.26. The van der Waals surface area contributed by atoms with Crippen molar-refractivity contribution in [2.45, 2.75) is 33.2 Å². The standard InChI is InChI=1S/C27H34N2O4/c1-18(2)17-33-22-12-10-20(11-13-22)25(30)23-24(21-9-6-8-19(3)16-21)29(27(32)26(23)31)15-7-14-28(4)5/h6,8-13,16,18,24,30H,7,14-15,17H2,1-5H3/b25-23-. The first-order valence-electron chi connectivity index (χ1n) is 11.4. The number of hydrogen-bond donors (Lipinski definition) is 1. The van der Waals surface area contributed by atoms with E-state index in [2.05, 4.69) is 13.8 Å². The predicted molar refractivity (Wildman–Crippen MR) is 130 cm³/mol. The second-order valence-electron chi connectivity index (χ2n) is 9.29. The highest BCUT2D eigenvalue weighted by Crippen LogP contribution is 2.39. The number of Topliss-reactive ketones (excluding diaryl/α,β-unsaturated/α-hetero) is 1. The van der Waals surface area contributed by atoms with Crippen molar-refractivity contribution in [3.05, 3.63) is 70.8 Å².